The molecule has 2 N–H and O–H groups in total. The van der Waals surface area contributed by atoms with Gasteiger partial charge in [0.25, 0.3) is 5.91 Å². The number of phenols is 1. The molecule has 106 valence electrons. The highest BCUT2D eigenvalue weighted by molar-refractivity contribution is 6.30. The molecule has 0 atom stereocenters. The molecule has 1 amide bonds. The highest BCUT2D eigenvalue weighted by Gasteiger charge is 2.11. The Labute approximate surface area is 119 Å². The van der Waals surface area contributed by atoms with Crippen LogP contribution in [0.4, 0.5) is 0 Å². The number of aromatic hydroxyl groups is 1. The number of halogens is 1. The van der Waals surface area contributed by atoms with Crippen LogP contribution in [0.25, 0.3) is 0 Å². The van der Waals surface area contributed by atoms with E-state index in [-0.39, 0.29) is 17.2 Å². The van der Waals surface area contributed by atoms with Crippen molar-refractivity contribution < 1.29 is 9.90 Å². The number of carbonyl (C=O) groups is 1. The van der Waals surface area contributed by atoms with Crippen LogP contribution in [0.5, 0.6) is 5.75 Å². The van der Waals surface area contributed by atoms with E-state index in [1.54, 1.807) is 6.07 Å². The van der Waals surface area contributed by atoms with Gasteiger partial charge in [-0.15, -0.1) is 0 Å². The molecule has 0 radical (unpaired) electrons. The van der Waals surface area contributed by atoms with Crippen molar-refractivity contribution in [2.24, 2.45) is 0 Å². The van der Waals surface area contributed by atoms with Gasteiger partial charge in [0.1, 0.15) is 5.75 Å². The molecule has 0 unspecified atom stereocenters. The fourth-order valence-corrected chi connectivity index (χ4v) is 2.03. The molecule has 19 heavy (non-hydrogen) atoms. The smallest absolute Gasteiger partial charge is 0.255 e. The van der Waals surface area contributed by atoms with Gasteiger partial charge < -0.3 is 15.3 Å². The predicted molar refractivity (Wildman–Crippen MR) is 77.9 cm³/mol. The maximum Gasteiger partial charge on any atom is 0.255 e. The van der Waals surface area contributed by atoms with Gasteiger partial charge in [0.2, 0.25) is 0 Å². The van der Waals surface area contributed by atoms with E-state index in [2.05, 4.69) is 24.1 Å². The summed E-state index contributed by atoms with van der Waals surface area (Å²) in [5, 5.41) is 12.9. The predicted octanol–water partition coefficient (Wildman–Crippen LogP) is 2.51. The van der Waals surface area contributed by atoms with Crippen LogP contribution in [-0.4, -0.2) is 42.1 Å². The SMILES string of the molecule is CCCN(CC)CCNC(=O)c1ccc(Cl)cc1O. The molecule has 1 aromatic rings. The van der Waals surface area contributed by atoms with Gasteiger partial charge in [0, 0.05) is 18.1 Å². The van der Waals surface area contributed by atoms with Gasteiger partial charge >= 0.3 is 0 Å². The molecule has 0 spiro atoms. The second-order valence-electron chi connectivity index (χ2n) is 4.35. The second kappa shape index (κ2) is 8.02. The topological polar surface area (TPSA) is 52.6 Å². The molecule has 0 aromatic heterocycles. The normalized spacial score (nSPS) is 10.7. The number of carbonyl (C=O) groups excluding carboxylic acids is 1. The number of nitrogens with one attached hydrogen (secondary N) is 1. The van der Waals surface area contributed by atoms with E-state index in [0.29, 0.717) is 11.6 Å². The highest BCUT2D eigenvalue weighted by atomic mass is 35.5. The molecular weight excluding hydrogens is 264 g/mol. The molecule has 1 aromatic carbocycles. The lowest BCUT2D eigenvalue weighted by Crippen LogP contribution is -2.35. The Balaban J connectivity index is 2.47. The van der Waals surface area contributed by atoms with Crippen LogP contribution in [0.1, 0.15) is 30.6 Å². The van der Waals surface area contributed by atoms with E-state index in [0.717, 1.165) is 26.1 Å². The summed E-state index contributed by atoms with van der Waals surface area (Å²) in [5.74, 6) is -0.368. The number of likely N-dealkylation sites (N-methyl/N-ethyl adjacent to an activating group) is 1. The van der Waals surface area contributed by atoms with Crippen molar-refractivity contribution in [1.82, 2.24) is 10.2 Å². The first-order valence-electron chi connectivity index (χ1n) is 6.57. The van der Waals surface area contributed by atoms with Crippen LogP contribution in [0.3, 0.4) is 0 Å². The van der Waals surface area contributed by atoms with Gasteiger partial charge in [-0.05, 0) is 37.7 Å². The zero-order valence-corrected chi connectivity index (χ0v) is 12.2. The zero-order valence-electron chi connectivity index (χ0n) is 11.4. The van der Waals surface area contributed by atoms with Crippen LogP contribution >= 0.6 is 11.6 Å². The zero-order chi connectivity index (χ0) is 14.3. The van der Waals surface area contributed by atoms with Gasteiger partial charge in [-0.3, -0.25) is 4.79 Å². The van der Waals surface area contributed by atoms with Crippen molar-refractivity contribution >= 4 is 17.5 Å². The van der Waals surface area contributed by atoms with Crippen LogP contribution in [0.2, 0.25) is 5.02 Å². The minimum Gasteiger partial charge on any atom is -0.507 e. The molecule has 4 nitrogen and oxygen atoms in total. The Kier molecular flexibility index (Phi) is 6.67. The van der Waals surface area contributed by atoms with Gasteiger partial charge in [0.05, 0.1) is 5.56 Å². The van der Waals surface area contributed by atoms with E-state index in [9.17, 15) is 9.90 Å². The summed E-state index contributed by atoms with van der Waals surface area (Å²) in [4.78, 5) is 14.1. The summed E-state index contributed by atoms with van der Waals surface area (Å²) in [7, 11) is 0. The van der Waals surface area contributed by atoms with Crippen molar-refractivity contribution in [1.29, 1.82) is 0 Å². The number of amides is 1. The van der Waals surface area contributed by atoms with E-state index >= 15 is 0 Å². The summed E-state index contributed by atoms with van der Waals surface area (Å²) >= 11 is 5.72. The number of phenolic OH excluding ortho intramolecular Hbond substituents is 1. The maximum atomic E-state index is 11.9. The van der Waals surface area contributed by atoms with Crippen molar-refractivity contribution in [3.8, 4) is 5.75 Å². The number of hydrogen-bond acceptors (Lipinski definition) is 3. The summed E-state index contributed by atoms with van der Waals surface area (Å²) in [6.07, 6.45) is 1.10. The summed E-state index contributed by atoms with van der Waals surface area (Å²) in [5.41, 5.74) is 0.253. The molecule has 0 aliphatic rings. The number of rotatable bonds is 7. The second-order valence-corrected chi connectivity index (χ2v) is 4.79. The fourth-order valence-electron chi connectivity index (χ4n) is 1.86. The average molecular weight is 285 g/mol. The van der Waals surface area contributed by atoms with Crippen molar-refractivity contribution in [3.63, 3.8) is 0 Å². The van der Waals surface area contributed by atoms with Crippen molar-refractivity contribution in [3.05, 3.63) is 28.8 Å². The third kappa shape index (κ3) is 5.09. The Morgan fingerprint density at radius 1 is 1.37 bits per heavy atom. The number of benzene rings is 1. The van der Waals surface area contributed by atoms with E-state index < -0.39 is 0 Å². The highest BCUT2D eigenvalue weighted by Crippen LogP contribution is 2.21. The van der Waals surface area contributed by atoms with Crippen LogP contribution < -0.4 is 5.32 Å². The maximum absolute atomic E-state index is 11.9. The number of hydrogen-bond donors (Lipinski definition) is 2. The number of nitrogens with zero attached hydrogens (tertiary/aromatic N) is 1. The summed E-state index contributed by atoms with van der Waals surface area (Å²) in [6, 6.07) is 4.48. The summed E-state index contributed by atoms with van der Waals surface area (Å²) < 4.78 is 0. The third-order valence-corrected chi connectivity index (χ3v) is 3.14. The summed E-state index contributed by atoms with van der Waals surface area (Å²) in [6.45, 7) is 7.60. The Morgan fingerprint density at radius 2 is 2.11 bits per heavy atom. The Bertz CT molecular complexity index is 424. The van der Waals surface area contributed by atoms with Crippen LogP contribution in [0, 0.1) is 0 Å². The molecule has 0 heterocycles. The first-order chi connectivity index (χ1) is 9.08. The lowest BCUT2D eigenvalue weighted by atomic mass is 10.2. The van der Waals surface area contributed by atoms with Crippen molar-refractivity contribution in [2.75, 3.05) is 26.2 Å². The lowest BCUT2D eigenvalue weighted by Gasteiger charge is -2.19. The van der Waals surface area contributed by atoms with E-state index in [1.165, 1.54) is 12.1 Å². The molecule has 0 saturated heterocycles. The molecular formula is C14H21ClN2O2. The van der Waals surface area contributed by atoms with Crippen LogP contribution in [-0.2, 0) is 0 Å². The van der Waals surface area contributed by atoms with E-state index in [1.807, 2.05) is 0 Å². The molecule has 0 fully saturated rings. The minimum absolute atomic E-state index is 0.0918. The molecule has 0 aliphatic heterocycles. The molecule has 5 heteroatoms. The van der Waals surface area contributed by atoms with Gasteiger partial charge in [-0.25, -0.2) is 0 Å². The lowest BCUT2D eigenvalue weighted by molar-refractivity contribution is 0.0946. The van der Waals surface area contributed by atoms with Gasteiger partial charge in [-0.1, -0.05) is 25.4 Å². The third-order valence-electron chi connectivity index (χ3n) is 2.91. The monoisotopic (exact) mass is 284 g/mol. The van der Waals surface area contributed by atoms with E-state index in [4.69, 9.17) is 11.6 Å². The Morgan fingerprint density at radius 3 is 2.68 bits per heavy atom. The molecule has 0 bridgehead atoms. The van der Waals surface area contributed by atoms with Gasteiger partial charge in [-0.2, -0.15) is 0 Å². The minimum atomic E-state index is -0.276. The van der Waals surface area contributed by atoms with Crippen molar-refractivity contribution in [2.45, 2.75) is 20.3 Å². The Hall–Kier alpha value is -1.26. The van der Waals surface area contributed by atoms with Crippen LogP contribution in [0.15, 0.2) is 18.2 Å². The molecule has 0 aliphatic carbocycles. The molecule has 0 saturated carbocycles. The first kappa shape index (κ1) is 15.8. The molecule has 1 rings (SSSR count). The first-order valence-corrected chi connectivity index (χ1v) is 6.95. The average Bonchev–Trinajstić information content (AvgIpc) is 2.37. The quantitative estimate of drug-likeness (QED) is 0.809. The van der Waals surface area contributed by atoms with Gasteiger partial charge in [0.15, 0.2) is 0 Å². The largest absolute Gasteiger partial charge is 0.507 e. The standard InChI is InChI=1S/C14H21ClN2O2/c1-3-8-17(4-2)9-7-16-14(19)12-6-5-11(15)10-13(12)18/h5-6,10,18H,3-4,7-9H2,1-2H3,(H,16,19). The fraction of sp³-hybridized carbons (Fsp3) is 0.500.